The van der Waals surface area contributed by atoms with Gasteiger partial charge in [0.05, 0.1) is 0 Å². The first-order valence-electron chi connectivity index (χ1n) is 2.40. The van der Waals surface area contributed by atoms with E-state index in [1.165, 1.54) is 6.26 Å². The van der Waals surface area contributed by atoms with Crippen LogP contribution in [0.4, 0.5) is 0 Å². The molecule has 1 rings (SSSR count). The van der Waals surface area contributed by atoms with Crippen LogP contribution in [0.1, 0.15) is 13.3 Å². The minimum Gasteiger partial charge on any atom is -0.424 e. The van der Waals surface area contributed by atoms with Crippen molar-refractivity contribution in [1.29, 1.82) is 0 Å². The van der Waals surface area contributed by atoms with Gasteiger partial charge in [0.25, 0.3) is 0 Å². The Hall–Kier alpha value is -0.990. The molecule has 0 N–H and O–H groups in total. The van der Waals surface area contributed by atoms with Gasteiger partial charge in [0.2, 0.25) is 0 Å². The topological polar surface area (TPSA) is 38.8 Å². The molecule has 1 aliphatic rings. The summed E-state index contributed by atoms with van der Waals surface area (Å²) in [6.45, 7) is 1.73. The van der Waals surface area contributed by atoms with Crippen molar-refractivity contribution in [3.05, 3.63) is 12.2 Å². The van der Waals surface area contributed by atoms with Crippen LogP contribution in [-0.4, -0.2) is 5.97 Å². The van der Waals surface area contributed by atoms with Crippen molar-refractivity contribution in [3.63, 3.8) is 0 Å². The summed E-state index contributed by atoms with van der Waals surface area (Å²) in [7, 11) is 0. The summed E-state index contributed by atoms with van der Waals surface area (Å²) in [6.07, 6.45) is 1.77. The van der Waals surface area contributed by atoms with E-state index in [-0.39, 0.29) is 5.97 Å². The van der Waals surface area contributed by atoms with Crippen LogP contribution in [0, 0.1) is 0 Å². The fourth-order valence-electron chi connectivity index (χ4n) is 0.257. The first-order chi connectivity index (χ1) is 3.83. The molecule has 0 unspecified atom stereocenters. The molecule has 0 bridgehead atoms. The highest BCUT2D eigenvalue weighted by atomic mass is 16.7. The Labute approximate surface area is 46.9 Å². The molecule has 0 aromatic heterocycles. The van der Waals surface area contributed by atoms with Crippen LogP contribution >= 0.6 is 0 Å². The third-order valence-electron chi connectivity index (χ3n) is 0.717. The maximum atomic E-state index is 10.3. The van der Waals surface area contributed by atoms with Gasteiger partial charge >= 0.3 is 11.9 Å². The maximum Gasteiger partial charge on any atom is 0.329 e. The Balaban J connectivity index is 2.17. The number of hydrogen-bond donors (Lipinski definition) is 0. The number of hydrogen-bond acceptors (Lipinski definition) is 3. The highest BCUT2D eigenvalue weighted by Gasteiger charge is 2.14. The Morgan fingerprint density at radius 2 is 2.62 bits per heavy atom. The molecule has 0 aromatic rings. The van der Waals surface area contributed by atoms with Crippen LogP contribution in [0.25, 0.3) is 0 Å². The van der Waals surface area contributed by atoms with E-state index in [4.69, 9.17) is 0 Å². The van der Waals surface area contributed by atoms with E-state index < -0.39 is 0 Å². The van der Waals surface area contributed by atoms with Gasteiger partial charge in [0.15, 0.2) is 6.26 Å². The van der Waals surface area contributed by atoms with Gasteiger partial charge < -0.3 is 9.47 Å². The van der Waals surface area contributed by atoms with Gasteiger partial charge in [0.1, 0.15) is 0 Å². The van der Waals surface area contributed by atoms with Crippen LogP contribution in [-0.2, 0) is 14.3 Å². The summed E-state index contributed by atoms with van der Waals surface area (Å²) in [6, 6.07) is 0. The third kappa shape index (κ3) is 1.26. The standard InChI is InChI=1S/C5H6O3/c1-2-4(6)8-5-3-7-5/h3H,2H2,1H3. The van der Waals surface area contributed by atoms with E-state index in [0.29, 0.717) is 12.4 Å². The van der Waals surface area contributed by atoms with Gasteiger partial charge in [-0.2, -0.15) is 0 Å². The molecule has 8 heavy (non-hydrogen) atoms. The molecule has 1 heterocycles. The van der Waals surface area contributed by atoms with Gasteiger partial charge in [-0.1, -0.05) is 6.92 Å². The highest BCUT2D eigenvalue weighted by Crippen LogP contribution is 2.14. The van der Waals surface area contributed by atoms with Gasteiger partial charge in [-0.25, -0.2) is 0 Å². The van der Waals surface area contributed by atoms with E-state index in [9.17, 15) is 4.79 Å². The number of esters is 1. The highest BCUT2D eigenvalue weighted by molar-refractivity contribution is 5.70. The Morgan fingerprint density at radius 3 is 3.00 bits per heavy atom. The largest absolute Gasteiger partial charge is 0.424 e. The summed E-state index contributed by atoms with van der Waals surface area (Å²) in [4.78, 5) is 10.3. The fraction of sp³-hybridized carbons (Fsp3) is 0.400. The van der Waals surface area contributed by atoms with Crippen molar-refractivity contribution in [2.45, 2.75) is 13.3 Å². The third-order valence-corrected chi connectivity index (χ3v) is 0.717. The van der Waals surface area contributed by atoms with Gasteiger partial charge in [-0.3, -0.25) is 4.79 Å². The van der Waals surface area contributed by atoms with Crippen LogP contribution in [0.5, 0.6) is 0 Å². The van der Waals surface area contributed by atoms with Gasteiger partial charge in [-0.05, 0) is 0 Å². The number of carbonyl (C=O) groups excluding carboxylic acids is 1. The molecule has 0 saturated carbocycles. The minimum atomic E-state index is -0.256. The molecule has 0 aliphatic carbocycles. The second-order valence-corrected chi connectivity index (χ2v) is 1.38. The normalized spacial score (nSPS) is 13.9. The molecule has 44 valence electrons. The zero-order valence-electron chi connectivity index (χ0n) is 4.51. The first kappa shape index (κ1) is 5.15. The zero-order chi connectivity index (χ0) is 5.98. The number of carbonyl (C=O) groups is 1. The van der Waals surface area contributed by atoms with Crippen LogP contribution in [0.15, 0.2) is 12.2 Å². The zero-order valence-corrected chi connectivity index (χ0v) is 4.51. The lowest BCUT2D eigenvalue weighted by Gasteiger charge is -1.89. The predicted molar refractivity (Wildman–Crippen MR) is 25.6 cm³/mol. The van der Waals surface area contributed by atoms with Crippen LogP contribution in [0.2, 0.25) is 0 Å². The smallest absolute Gasteiger partial charge is 0.329 e. The summed E-state index contributed by atoms with van der Waals surface area (Å²) in [5.41, 5.74) is 0. The van der Waals surface area contributed by atoms with E-state index in [0.717, 1.165) is 0 Å². The Bertz CT molecular complexity index is 137. The Kier molecular flexibility index (Phi) is 1.20. The SMILES string of the molecule is CCC(=O)OC1=CO1. The van der Waals surface area contributed by atoms with Crippen molar-refractivity contribution in [2.75, 3.05) is 0 Å². The summed E-state index contributed by atoms with van der Waals surface area (Å²) in [5.74, 6) is 0.0746. The van der Waals surface area contributed by atoms with Crippen molar-refractivity contribution in [2.24, 2.45) is 0 Å². The minimum absolute atomic E-state index is 0.256. The van der Waals surface area contributed by atoms with E-state index in [1.807, 2.05) is 0 Å². The second kappa shape index (κ2) is 1.86. The number of rotatable bonds is 2. The maximum absolute atomic E-state index is 10.3. The van der Waals surface area contributed by atoms with Gasteiger partial charge in [-0.15, -0.1) is 0 Å². The lowest BCUT2D eigenvalue weighted by atomic mass is 10.5. The van der Waals surface area contributed by atoms with Crippen molar-refractivity contribution >= 4 is 5.97 Å². The molecule has 3 nitrogen and oxygen atoms in total. The fourth-order valence-corrected chi connectivity index (χ4v) is 0.257. The summed E-state index contributed by atoms with van der Waals surface area (Å²) in [5, 5.41) is 0. The molecule has 0 fully saturated rings. The van der Waals surface area contributed by atoms with Crippen LogP contribution < -0.4 is 0 Å². The van der Waals surface area contributed by atoms with Crippen molar-refractivity contribution in [3.8, 4) is 0 Å². The molecular weight excluding hydrogens is 108 g/mol. The van der Waals surface area contributed by atoms with E-state index in [1.54, 1.807) is 6.92 Å². The lowest BCUT2D eigenvalue weighted by Crippen LogP contribution is -1.96. The van der Waals surface area contributed by atoms with Gasteiger partial charge in [0, 0.05) is 6.42 Å². The predicted octanol–water partition coefficient (Wildman–Crippen LogP) is 0.769. The van der Waals surface area contributed by atoms with E-state index in [2.05, 4.69) is 9.47 Å². The second-order valence-electron chi connectivity index (χ2n) is 1.38. The quantitative estimate of drug-likeness (QED) is 0.497. The van der Waals surface area contributed by atoms with Crippen LogP contribution in [0.3, 0.4) is 0 Å². The molecule has 0 atom stereocenters. The van der Waals surface area contributed by atoms with Crippen molar-refractivity contribution < 1.29 is 14.3 Å². The molecule has 0 amide bonds. The van der Waals surface area contributed by atoms with Crippen molar-refractivity contribution in [1.82, 2.24) is 0 Å². The number of ether oxygens (including phenoxy) is 2. The summed E-state index contributed by atoms with van der Waals surface area (Å²) < 4.78 is 8.94. The van der Waals surface area contributed by atoms with E-state index >= 15 is 0 Å². The first-order valence-corrected chi connectivity index (χ1v) is 2.40. The monoisotopic (exact) mass is 114 g/mol. The molecule has 0 aromatic carbocycles. The molecule has 0 saturated heterocycles. The summed E-state index contributed by atoms with van der Waals surface area (Å²) >= 11 is 0. The molecule has 3 heteroatoms. The average Bonchev–Trinajstić information content (AvgIpc) is 2.50. The molecule has 0 spiro atoms. The molecule has 0 radical (unpaired) electrons. The average molecular weight is 114 g/mol. The molecular formula is C5H6O3. The lowest BCUT2D eigenvalue weighted by molar-refractivity contribution is -0.140. The molecule has 1 aliphatic heterocycles. The Morgan fingerprint density at radius 1 is 2.00 bits per heavy atom.